The maximum absolute atomic E-state index is 11.9. The van der Waals surface area contributed by atoms with Crippen molar-refractivity contribution >= 4 is 29.6 Å². The van der Waals surface area contributed by atoms with Gasteiger partial charge in [-0.2, -0.15) is 0 Å². The maximum Gasteiger partial charge on any atom is 0.265 e. The van der Waals surface area contributed by atoms with Crippen LogP contribution < -0.4 is 14.8 Å². The van der Waals surface area contributed by atoms with Gasteiger partial charge in [-0.05, 0) is 36.6 Å². The minimum Gasteiger partial charge on any atom is -0.493 e. The number of nitrogens with one attached hydrogen (secondary N) is 1. The van der Waals surface area contributed by atoms with E-state index in [4.69, 9.17) is 14.3 Å². The smallest absolute Gasteiger partial charge is 0.265 e. The highest BCUT2D eigenvalue weighted by Gasteiger charge is 2.06. The minimum atomic E-state index is -0.272. The van der Waals surface area contributed by atoms with Gasteiger partial charge in [0.25, 0.3) is 5.91 Å². The van der Waals surface area contributed by atoms with Gasteiger partial charge < -0.3 is 19.6 Å². The molecular weight excluding hydrogens is 340 g/mol. The Labute approximate surface area is 151 Å². The molecule has 0 radical (unpaired) electrons. The monoisotopic (exact) mass is 360 g/mol. The predicted octanol–water partition coefficient (Wildman–Crippen LogP) is 3.41. The summed E-state index contributed by atoms with van der Waals surface area (Å²) in [5.74, 6) is 0.955. The molecule has 0 fully saturated rings. The minimum absolute atomic E-state index is 0.174. The van der Waals surface area contributed by atoms with Crippen molar-refractivity contribution in [2.75, 3.05) is 32.4 Å². The quantitative estimate of drug-likeness (QED) is 0.444. The Morgan fingerprint density at radius 1 is 1.16 bits per heavy atom. The number of hydrogen-bond acceptors (Lipinski definition) is 6. The summed E-state index contributed by atoms with van der Waals surface area (Å²) < 4.78 is 10.4. The molecule has 25 heavy (non-hydrogen) atoms. The molecule has 2 rings (SSSR count). The van der Waals surface area contributed by atoms with Gasteiger partial charge in [-0.25, -0.2) is 0 Å². The van der Waals surface area contributed by atoms with Gasteiger partial charge in [0.1, 0.15) is 0 Å². The second-order valence-corrected chi connectivity index (χ2v) is 5.72. The molecular formula is C18H20N2O4S. The van der Waals surface area contributed by atoms with Gasteiger partial charge in [0, 0.05) is 10.5 Å². The second-order valence-electron chi connectivity index (χ2n) is 4.87. The van der Waals surface area contributed by atoms with Crippen molar-refractivity contribution in [1.82, 2.24) is 0 Å². The average Bonchev–Trinajstić information content (AvgIpc) is 2.65. The van der Waals surface area contributed by atoms with Crippen molar-refractivity contribution in [2.24, 2.45) is 5.16 Å². The molecule has 7 heteroatoms. The summed E-state index contributed by atoms with van der Waals surface area (Å²) in [6.07, 6.45) is 3.46. The maximum atomic E-state index is 11.9. The number of methoxy groups -OCH3 is 2. The number of thioether (sulfide) groups is 1. The number of amides is 1. The zero-order valence-electron chi connectivity index (χ0n) is 14.3. The Hall–Kier alpha value is -2.67. The molecule has 0 bridgehead atoms. The van der Waals surface area contributed by atoms with Crippen LogP contribution in [0.1, 0.15) is 5.56 Å². The number of carbonyl (C=O) groups is 1. The number of benzene rings is 2. The summed E-state index contributed by atoms with van der Waals surface area (Å²) in [6.45, 7) is -0.174. The Morgan fingerprint density at radius 3 is 2.64 bits per heavy atom. The van der Waals surface area contributed by atoms with Crippen molar-refractivity contribution in [3.63, 3.8) is 0 Å². The number of nitrogens with zero attached hydrogens (tertiary/aromatic N) is 1. The van der Waals surface area contributed by atoms with Crippen LogP contribution in [-0.4, -0.2) is 39.2 Å². The number of ether oxygens (including phenoxy) is 2. The largest absolute Gasteiger partial charge is 0.493 e. The lowest BCUT2D eigenvalue weighted by Gasteiger charge is -2.08. The van der Waals surface area contributed by atoms with Gasteiger partial charge in [-0.1, -0.05) is 17.3 Å². The summed E-state index contributed by atoms with van der Waals surface area (Å²) in [5, 5.41) is 6.61. The highest BCUT2D eigenvalue weighted by atomic mass is 32.2. The van der Waals surface area contributed by atoms with Crippen LogP contribution in [0.2, 0.25) is 0 Å². The van der Waals surface area contributed by atoms with Gasteiger partial charge in [0.15, 0.2) is 18.1 Å². The van der Waals surface area contributed by atoms with Gasteiger partial charge in [0.2, 0.25) is 0 Å². The molecule has 6 nitrogen and oxygen atoms in total. The molecule has 0 spiro atoms. The number of anilines is 1. The fourth-order valence-electron chi connectivity index (χ4n) is 2.06. The number of rotatable bonds is 8. The van der Waals surface area contributed by atoms with E-state index in [2.05, 4.69) is 10.5 Å². The van der Waals surface area contributed by atoms with Crippen molar-refractivity contribution < 1.29 is 19.1 Å². The highest BCUT2D eigenvalue weighted by molar-refractivity contribution is 7.98. The van der Waals surface area contributed by atoms with E-state index < -0.39 is 0 Å². The average molecular weight is 360 g/mol. The molecule has 0 aliphatic carbocycles. The first-order valence-corrected chi connectivity index (χ1v) is 8.70. The summed E-state index contributed by atoms with van der Waals surface area (Å²) in [4.78, 5) is 18.0. The SMILES string of the molecule is COc1ccc(/C=N/OCC(=O)Nc2ccccc2SC)cc1OC. The second kappa shape index (κ2) is 9.58. The first-order valence-electron chi connectivity index (χ1n) is 7.48. The number of hydrogen-bond donors (Lipinski definition) is 1. The first-order chi connectivity index (χ1) is 12.2. The third kappa shape index (κ3) is 5.42. The molecule has 0 heterocycles. The van der Waals surface area contributed by atoms with Crippen molar-refractivity contribution in [3.8, 4) is 11.5 Å². The van der Waals surface area contributed by atoms with E-state index >= 15 is 0 Å². The predicted molar refractivity (Wildman–Crippen MR) is 99.9 cm³/mol. The summed E-state index contributed by atoms with van der Waals surface area (Å²) in [6, 6.07) is 12.9. The standard InChI is InChI=1S/C18H20N2O4S/c1-22-15-9-8-13(10-16(15)23-2)11-19-24-12-18(21)20-14-6-4-5-7-17(14)25-3/h4-11H,12H2,1-3H3,(H,20,21)/b19-11+. The lowest BCUT2D eigenvalue weighted by atomic mass is 10.2. The molecule has 132 valence electrons. The Kier molecular flexibility index (Phi) is 7.16. The molecule has 1 N–H and O–H groups in total. The zero-order chi connectivity index (χ0) is 18.1. The highest BCUT2D eigenvalue weighted by Crippen LogP contribution is 2.27. The van der Waals surface area contributed by atoms with Gasteiger partial charge in [-0.3, -0.25) is 4.79 Å². The topological polar surface area (TPSA) is 69.2 Å². The van der Waals surface area contributed by atoms with Gasteiger partial charge in [-0.15, -0.1) is 11.8 Å². The molecule has 0 unspecified atom stereocenters. The fraction of sp³-hybridized carbons (Fsp3) is 0.222. The number of carbonyl (C=O) groups excluding carboxylic acids is 1. The summed E-state index contributed by atoms with van der Waals surface area (Å²) >= 11 is 1.56. The van der Waals surface area contributed by atoms with E-state index in [9.17, 15) is 4.79 Å². The van der Waals surface area contributed by atoms with Crippen molar-refractivity contribution in [3.05, 3.63) is 48.0 Å². The van der Waals surface area contributed by atoms with E-state index in [-0.39, 0.29) is 12.5 Å². The number of para-hydroxylation sites is 1. The summed E-state index contributed by atoms with van der Waals surface area (Å²) in [7, 11) is 3.13. The van der Waals surface area contributed by atoms with E-state index in [0.717, 1.165) is 16.1 Å². The molecule has 0 saturated heterocycles. The Morgan fingerprint density at radius 2 is 1.92 bits per heavy atom. The Balaban J connectivity index is 1.87. The van der Waals surface area contributed by atoms with Crippen LogP contribution in [0, 0.1) is 0 Å². The third-order valence-corrected chi connectivity index (χ3v) is 4.06. The van der Waals surface area contributed by atoms with Gasteiger partial charge >= 0.3 is 0 Å². The molecule has 0 aromatic heterocycles. The summed E-state index contributed by atoms with van der Waals surface area (Å²) in [5.41, 5.74) is 1.53. The molecule has 0 saturated carbocycles. The fourth-order valence-corrected chi connectivity index (χ4v) is 2.61. The Bertz CT molecular complexity index is 750. The first kappa shape index (κ1) is 18.7. The molecule has 1 amide bonds. The van der Waals surface area contributed by atoms with Crippen LogP contribution in [0.5, 0.6) is 11.5 Å². The van der Waals surface area contributed by atoms with Crippen molar-refractivity contribution in [2.45, 2.75) is 4.90 Å². The van der Waals surface area contributed by atoms with Crippen LogP contribution in [0.3, 0.4) is 0 Å². The molecule has 2 aromatic carbocycles. The van der Waals surface area contributed by atoms with Crippen LogP contribution in [0.15, 0.2) is 52.5 Å². The van der Waals surface area contributed by atoms with Crippen LogP contribution >= 0.6 is 11.8 Å². The van der Waals surface area contributed by atoms with Crippen LogP contribution in [-0.2, 0) is 9.63 Å². The lowest BCUT2D eigenvalue weighted by Crippen LogP contribution is -2.17. The molecule has 2 aromatic rings. The van der Waals surface area contributed by atoms with E-state index in [1.807, 2.05) is 36.6 Å². The van der Waals surface area contributed by atoms with E-state index in [1.165, 1.54) is 6.21 Å². The molecule has 0 atom stereocenters. The zero-order valence-corrected chi connectivity index (χ0v) is 15.1. The van der Waals surface area contributed by atoms with Crippen LogP contribution in [0.4, 0.5) is 5.69 Å². The number of oxime groups is 1. The van der Waals surface area contributed by atoms with E-state index in [0.29, 0.717) is 11.5 Å². The third-order valence-electron chi connectivity index (χ3n) is 3.26. The van der Waals surface area contributed by atoms with Crippen molar-refractivity contribution in [1.29, 1.82) is 0 Å². The van der Waals surface area contributed by atoms with Crippen LogP contribution in [0.25, 0.3) is 0 Å². The molecule has 0 aliphatic heterocycles. The lowest BCUT2D eigenvalue weighted by molar-refractivity contribution is -0.120. The molecule has 0 aliphatic rings. The normalized spacial score (nSPS) is 10.5. The van der Waals surface area contributed by atoms with Gasteiger partial charge in [0.05, 0.1) is 26.1 Å². The van der Waals surface area contributed by atoms with E-state index in [1.54, 1.807) is 38.1 Å².